The van der Waals surface area contributed by atoms with E-state index in [0.29, 0.717) is 22.5 Å². The van der Waals surface area contributed by atoms with E-state index in [4.69, 9.17) is 11.1 Å². The van der Waals surface area contributed by atoms with E-state index in [1.54, 1.807) is 54.6 Å². The Hall–Kier alpha value is -3.32. The number of para-hydroxylation sites is 1. The highest BCUT2D eigenvalue weighted by Crippen LogP contribution is 2.27. The molecule has 0 fully saturated rings. The number of carbonyl (C=O) groups is 1. The van der Waals surface area contributed by atoms with Crippen LogP contribution < -0.4 is 15.8 Å². The summed E-state index contributed by atoms with van der Waals surface area (Å²) in [4.78, 5) is 12.2. The Labute approximate surface area is 166 Å². The summed E-state index contributed by atoms with van der Waals surface area (Å²) in [5.74, 6) is -0.517. The fourth-order valence-corrected chi connectivity index (χ4v) is 3.31. The van der Waals surface area contributed by atoms with Gasteiger partial charge in [0.25, 0.3) is 0 Å². The van der Waals surface area contributed by atoms with Crippen LogP contribution >= 0.6 is 11.9 Å². The molecule has 0 aliphatic heterocycles. The van der Waals surface area contributed by atoms with Gasteiger partial charge in [0.05, 0.1) is 11.4 Å². The van der Waals surface area contributed by atoms with Crippen molar-refractivity contribution in [2.75, 3.05) is 15.8 Å². The minimum Gasteiger partial charge on any atom is -0.398 e. The lowest BCUT2D eigenvalue weighted by Crippen LogP contribution is -2.12. The normalized spacial score (nSPS) is 10.4. The van der Waals surface area contributed by atoms with Crippen LogP contribution in [0.1, 0.15) is 18.1 Å². The molecule has 0 atom stereocenters. The largest absolute Gasteiger partial charge is 0.398 e. The molecule has 1 amide bonds. The smallest absolute Gasteiger partial charge is 0.221 e. The maximum Gasteiger partial charge on any atom is 0.221 e. The summed E-state index contributed by atoms with van der Waals surface area (Å²) >= 11 is 1.26. The van der Waals surface area contributed by atoms with Crippen molar-refractivity contribution in [2.24, 2.45) is 0 Å². The van der Waals surface area contributed by atoms with Crippen LogP contribution in [0.4, 0.5) is 21.5 Å². The van der Waals surface area contributed by atoms with Crippen molar-refractivity contribution >= 4 is 40.6 Å². The fourth-order valence-electron chi connectivity index (χ4n) is 2.63. The first kappa shape index (κ1) is 19.4. The molecular formula is C21H19FN4OS. The minimum atomic E-state index is -0.304. The predicted molar refractivity (Wildman–Crippen MR) is 113 cm³/mol. The number of anilines is 3. The van der Waals surface area contributed by atoms with E-state index in [-0.39, 0.29) is 17.4 Å². The quantitative estimate of drug-likeness (QED) is 0.272. The number of hydrogen-bond acceptors (Lipinski definition) is 5. The van der Waals surface area contributed by atoms with Gasteiger partial charge in [0.15, 0.2) is 0 Å². The molecule has 0 bridgehead atoms. The van der Waals surface area contributed by atoms with Crippen LogP contribution in [0.15, 0.2) is 71.6 Å². The van der Waals surface area contributed by atoms with Gasteiger partial charge in [-0.3, -0.25) is 10.2 Å². The Morgan fingerprint density at radius 1 is 1.04 bits per heavy atom. The van der Waals surface area contributed by atoms with E-state index in [0.717, 1.165) is 10.6 Å². The first-order chi connectivity index (χ1) is 13.4. The molecule has 28 heavy (non-hydrogen) atoms. The molecule has 3 rings (SSSR count). The number of amides is 1. The van der Waals surface area contributed by atoms with Crippen LogP contribution in [0.2, 0.25) is 0 Å². The standard InChI is InChI=1S/C21H19FN4OS/c1-13(27)25-20-8-3-2-7-17(20)21(24)18-12-15(9-10-19(18)23)26-28-16-6-4-5-14(22)11-16/h2-12,24,26H,23H2,1H3,(H,25,27). The summed E-state index contributed by atoms with van der Waals surface area (Å²) < 4.78 is 16.5. The molecule has 0 unspecified atom stereocenters. The van der Waals surface area contributed by atoms with Crippen LogP contribution in [-0.2, 0) is 4.79 Å². The Balaban J connectivity index is 1.85. The molecule has 0 heterocycles. The minimum absolute atomic E-state index is 0.196. The topological polar surface area (TPSA) is 91.0 Å². The molecule has 0 saturated heterocycles. The second-order valence-electron chi connectivity index (χ2n) is 6.07. The SMILES string of the molecule is CC(=O)Nc1ccccc1C(=N)c1cc(NSc2cccc(F)c2)ccc1N. The van der Waals surface area contributed by atoms with Crippen molar-refractivity contribution < 1.29 is 9.18 Å². The Morgan fingerprint density at radius 2 is 1.82 bits per heavy atom. The van der Waals surface area contributed by atoms with Crippen molar-refractivity contribution in [1.29, 1.82) is 5.41 Å². The number of benzene rings is 3. The molecule has 0 saturated carbocycles. The summed E-state index contributed by atoms with van der Waals surface area (Å²) in [7, 11) is 0. The predicted octanol–water partition coefficient (Wildman–Crippen LogP) is 4.90. The molecule has 3 aromatic rings. The van der Waals surface area contributed by atoms with Crippen LogP contribution in [0.5, 0.6) is 0 Å². The van der Waals surface area contributed by atoms with Gasteiger partial charge in [0, 0.05) is 34.3 Å². The monoisotopic (exact) mass is 394 g/mol. The highest BCUT2D eigenvalue weighted by atomic mass is 32.2. The summed E-state index contributed by atoms with van der Waals surface area (Å²) in [5.41, 5.74) is 9.11. The van der Waals surface area contributed by atoms with E-state index in [9.17, 15) is 9.18 Å². The van der Waals surface area contributed by atoms with Crippen molar-refractivity contribution in [3.05, 3.63) is 83.7 Å². The molecule has 142 valence electrons. The number of nitrogens with one attached hydrogen (secondary N) is 3. The molecular weight excluding hydrogens is 375 g/mol. The van der Waals surface area contributed by atoms with Crippen molar-refractivity contribution in [1.82, 2.24) is 0 Å². The van der Waals surface area contributed by atoms with E-state index in [1.165, 1.54) is 31.0 Å². The number of nitrogen functional groups attached to an aromatic ring is 1. The zero-order valence-corrected chi connectivity index (χ0v) is 15.9. The lowest BCUT2D eigenvalue weighted by atomic mass is 9.99. The molecule has 5 N–H and O–H groups in total. The lowest BCUT2D eigenvalue weighted by Gasteiger charge is -2.14. The first-order valence-corrected chi connectivity index (χ1v) is 9.29. The van der Waals surface area contributed by atoms with Gasteiger partial charge in [-0.2, -0.15) is 0 Å². The van der Waals surface area contributed by atoms with Crippen LogP contribution in [-0.4, -0.2) is 11.6 Å². The number of nitrogens with two attached hydrogens (primary N) is 1. The molecule has 0 aliphatic carbocycles. The third-order valence-corrected chi connectivity index (χ3v) is 4.74. The maximum atomic E-state index is 13.3. The van der Waals surface area contributed by atoms with Gasteiger partial charge in [-0.05, 0) is 54.4 Å². The number of hydrogen-bond donors (Lipinski definition) is 4. The maximum absolute atomic E-state index is 13.3. The number of carbonyl (C=O) groups excluding carboxylic acids is 1. The highest BCUT2D eigenvalue weighted by molar-refractivity contribution is 8.00. The lowest BCUT2D eigenvalue weighted by molar-refractivity contribution is -0.114. The summed E-state index contributed by atoms with van der Waals surface area (Å²) in [6, 6.07) is 18.6. The Morgan fingerprint density at radius 3 is 2.57 bits per heavy atom. The van der Waals surface area contributed by atoms with Crippen molar-refractivity contribution in [3.63, 3.8) is 0 Å². The summed E-state index contributed by atoms with van der Waals surface area (Å²) in [5, 5.41) is 11.3. The van der Waals surface area contributed by atoms with Gasteiger partial charge < -0.3 is 15.8 Å². The second-order valence-corrected chi connectivity index (χ2v) is 6.94. The Kier molecular flexibility index (Phi) is 5.96. The van der Waals surface area contributed by atoms with Crippen molar-refractivity contribution in [2.45, 2.75) is 11.8 Å². The second kappa shape index (κ2) is 8.58. The van der Waals surface area contributed by atoms with Crippen LogP contribution in [0.3, 0.4) is 0 Å². The van der Waals surface area contributed by atoms with E-state index in [2.05, 4.69) is 10.0 Å². The van der Waals surface area contributed by atoms with Gasteiger partial charge in [-0.25, -0.2) is 4.39 Å². The van der Waals surface area contributed by atoms with Gasteiger partial charge >= 0.3 is 0 Å². The molecule has 7 heteroatoms. The van der Waals surface area contributed by atoms with E-state index >= 15 is 0 Å². The number of rotatable bonds is 6. The Bertz CT molecular complexity index is 1040. The number of halogens is 1. The van der Waals surface area contributed by atoms with Crippen LogP contribution in [0.25, 0.3) is 0 Å². The third kappa shape index (κ3) is 4.69. The van der Waals surface area contributed by atoms with Gasteiger partial charge in [-0.1, -0.05) is 24.3 Å². The highest BCUT2D eigenvalue weighted by Gasteiger charge is 2.14. The average molecular weight is 394 g/mol. The molecule has 5 nitrogen and oxygen atoms in total. The first-order valence-electron chi connectivity index (χ1n) is 8.48. The van der Waals surface area contributed by atoms with E-state index in [1.807, 2.05) is 0 Å². The zero-order valence-electron chi connectivity index (χ0n) is 15.1. The summed E-state index contributed by atoms with van der Waals surface area (Å²) in [6.07, 6.45) is 0. The van der Waals surface area contributed by atoms with Crippen LogP contribution in [0, 0.1) is 11.2 Å². The van der Waals surface area contributed by atoms with Gasteiger partial charge in [0.2, 0.25) is 5.91 Å². The fraction of sp³-hybridized carbons (Fsp3) is 0.0476. The van der Waals surface area contributed by atoms with E-state index < -0.39 is 0 Å². The molecule has 3 aromatic carbocycles. The average Bonchev–Trinajstić information content (AvgIpc) is 2.67. The zero-order chi connectivity index (χ0) is 20.1. The van der Waals surface area contributed by atoms with Gasteiger partial charge in [-0.15, -0.1) is 0 Å². The molecule has 0 radical (unpaired) electrons. The molecule has 0 spiro atoms. The summed E-state index contributed by atoms with van der Waals surface area (Å²) in [6.45, 7) is 1.42. The van der Waals surface area contributed by atoms with Crippen molar-refractivity contribution in [3.8, 4) is 0 Å². The molecule has 0 aromatic heterocycles. The van der Waals surface area contributed by atoms with Gasteiger partial charge in [0.1, 0.15) is 5.82 Å². The third-order valence-electron chi connectivity index (χ3n) is 3.91. The molecule has 0 aliphatic rings.